The molecule has 0 aliphatic heterocycles. The second-order valence-corrected chi connectivity index (χ2v) is 5.53. The number of carboxylic acid groups (broad SMARTS) is 1. The standard InChI is InChI=1S/C11H15ClN2O4S/c1-6(8-3-4-9(12)19-8)14-11(17)13-5-7(18-2)10(15)16/h3-4,6-7H,5H2,1-2H3,(H,15,16)(H2,13,14,17). The number of amides is 2. The fraction of sp³-hybridized carbons (Fsp3) is 0.455. The van der Waals surface area contributed by atoms with Gasteiger partial charge in [0, 0.05) is 12.0 Å². The SMILES string of the molecule is COC(CNC(=O)NC(C)c1ccc(Cl)s1)C(=O)O. The van der Waals surface area contributed by atoms with E-state index in [9.17, 15) is 9.59 Å². The fourth-order valence-corrected chi connectivity index (χ4v) is 2.40. The van der Waals surface area contributed by atoms with Crippen LogP contribution in [0.4, 0.5) is 4.79 Å². The number of halogens is 1. The highest BCUT2D eigenvalue weighted by molar-refractivity contribution is 7.16. The van der Waals surface area contributed by atoms with E-state index in [1.807, 2.05) is 13.0 Å². The van der Waals surface area contributed by atoms with Crippen molar-refractivity contribution in [1.82, 2.24) is 10.6 Å². The predicted octanol–water partition coefficient (Wildman–Crippen LogP) is 1.86. The summed E-state index contributed by atoms with van der Waals surface area (Å²) in [7, 11) is 1.27. The van der Waals surface area contributed by atoms with Crippen LogP contribution in [0.2, 0.25) is 4.34 Å². The third-order valence-electron chi connectivity index (χ3n) is 2.38. The van der Waals surface area contributed by atoms with Gasteiger partial charge < -0.3 is 20.5 Å². The molecule has 0 radical (unpaired) electrons. The van der Waals surface area contributed by atoms with Crippen LogP contribution in [0, 0.1) is 0 Å². The third kappa shape index (κ3) is 5.06. The van der Waals surface area contributed by atoms with Crippen molar-refractivity contribution >= 4 is 34.9 Å². The van der Waals surface area contributed by atoms with Crippen LogP contribution in [0.15, 0.2) is 12.1 Å². The normalized spacial score (nSPS) is 13.6. The minimum Gasteiger partial charge on any atom is -0.479 e. The Morgan fingerprint density at radius 1 is 1.53 bits per heavy atom. The summed E-state index contributed by atoms with van der Waals surface area (Å²) in [5, 5.41) is 13.9. The minimum absolute atomic E-state index is 0.102. The highest BCUT2D eigenvalue weighted by atomic mass is 35.5. The Labute approximate surface area is 119 Å². The van der Waals surface area contributed by atoms with Crippen LogP contribution in [-0.4, -0.2) is 36.9 Å². The molecule has 2 atom stereocenters. The lowest BCUT2D eigenvalue weighted by Gasteiger charge is -2.15. The molecule has 1 heterocycles. The number of ether oxygens (including phenoxy) is 1. The van der Waals surface area contributed by atoms with Crippen LogP contribution < -0.4 is 10.6 Å². The lowest BCUT2D eigenvalue weighted by atomic mass is 10.3. The zero-order valence-corrected chi connectivity index (χ0v) is 12.0. The number of methoxy groups -OCH3 is 1. The maximum Gasteiger partial charge on any atom is 0.334 e. The maximum absolute atomic E-state index is 11.6. The molecule has 0 aromatic carbocycles. The summed E-state index contributed by atoms with van der Waals surface area (Å²) in [4.78, 5) is 23.2. The average molecular weight is 307 g/mol. The Bertz CT molecular complexity index is 452. The van der Waals surface area contributed by atoms with Gasteiger partial charge in [-0.05, 0) is 19.1 Å². The summed E-state index contributed by atoms with van der Waals surface area (Å²) in [5.74, 6) is -1.12. The summed E-state index contributed by atoms with van der Waals surface area (Å²) in [6, 6.07) is 2.92. The van der Waals surface area contributed by atoms with Crippen molar-refractivity contribution in [2.24, 2.45) is 0 Å². The van der Waals surface area contributed by atoms with Gasteiger partial charge in [0.25, 0.3) is 0 Å². The van der Waals surface area contributed by atoms with Gasteiger partial charge in [-0.15, -0.1) is 11.3 Å². The van der Waals surface area contributed by atoms with Gasteiger partial charge in [-0.3, -0.25) is 0 Å². The smallest absolute Gasteiger partial charge is 0.334 e. The lowest BCUT2D eigenvalue weighted by Crippen LogP contribution is -2.43. The molecule has 0 fully saturated rings. The molecule has 2 unspecified atom stereocenters. The van der Waals surface area contributed by atoms with Crippen LogP contribution in [0.1, 0.15) is 17.8 Å². The molecule has 0 bridgehead atoms. The highest BCUT2D eigenvalue weighted by Crippen LogP contribution is 2.26. The van der Waals surface area contributed by atoms with Crippen LogP contribution >= 0.6 is 22.9 Å². The molecule has 0 saturated heterocycles. The molecule has 0 saturated carbocycles. The molecule has 19 heavy (non-hydrogen) atoms. The first kappa shape index (κ1) is 15.7. The molecule has 0 aliphatic carbocycles. The molecule has 1 rings (SSSR count). The van der Waals surface area contributed by atoms with Crippen LogP contribution in [-0.2, 0) is 9.53 Å². The zero-order valence-electron chi connectivity index (χ0n) is 10.5. The van der Waals surface area contributed by atoms with Gasteiger partial charge in [-0.25, -0.2) is 9.59 Å². The summed E-state index contributed by atoms with van der Waals surface area (Å²) in [6.07, 6.45) is -1.06. The molecule has 8 heteroatoms. The first-order valence-corrected chi connectivity index (χ1v) is 6.68. The second kappa shape index (κ2) is 7.32. The molecule has 1 aromatic heterocycles. The molecule has 3 N–H and O–H groups in total. The maximum atomic E-state index is 11.6. The van der Waals surface area contributed by atoms with Crippen LogP contribution in [0.25, 0.3) is 0 Å². The lowest BCUT2D eigenvalue weighted by molar-refractivity contribution is -0.147. The van der Waals surface area contributed by atoms with Gasteiger partial charge in [0.2, 0.25) is 0 Å². The van der Waals surface area contributed by atoms with E-state index in [1.165, 1.54) is 18.4 Å². The number of hydrogen-bond acceptors (Lipinski definition) is 4. The Hall–Kier alpha value is -1.31. The van der Waals surface area contributed by atoms with Crippen molar-refractivity contribution < 1.29 is 19.4 Å². The number of thiophene rings is 1. The van der Waals surface area contributed by atoms with Crippen molar-refractivity contribution in [3.8, 4) is 0 Å². The molecule has 6 nitrogen and oxygen atoms in total. The van der Waals surface area contributed by atoms with Gasteiger partial charge in [0.05, 0.1) is 16.9 Å². The van der Waals surface area contributed by atoms with Crippen molar-refractivity contribution in [2.75, 3.05) is 13.7 Å². The van der Waals surface area contributed by atoms with Gasteiger partial charge in [0.1, 0.15) is 0 Å². The van der Waals surface area contributed by atoms with E-state index in [0.717, 1.165) is 4.88 Å². The number of nitrogens with one attached hydrogen (secondary N) is 2. The molecule has 1 aromatic rings. The van der Waals surface area contributed by atoms with E-state index in [0.29, 0.717) is 4.34 Å². The van der Waals surface area contributed by atoms with E-state index in [2.05, 4.69) is 10.6 Å². The van der Waals surface area contributed by atoms with Gasteiger partial charge in [-0.1, -0.05) is 11.6 Å². The number of urea groups is 1. The Balaban J connectivity index is 2.41. The van der Waals surface area contributed by atoms with Gasteiger partial charge in [0.15, 0.2) is 6.10 Å². The van der Waals surface area contributed by atoms with E-state index < -0.39 is 18.1 Å². The summed E-state index contributed by atoms with van der Waals surface area (Å²) >= 11 is 7.18. The monoisotopic (exact) mass is 306 g/mol. The van der Waals surface area contributed by atoms with Crippen LogP contribution in [0.3, 0.4) is 0 Å². The first-order valence-electron chi connectivity index (χ1n) is 5.49. The minimum atomic E-state index is -1.12. The Morgan fingerprint density at radius 2 is 2.21 bits per heavy atom. The van der Waals surface area contributed by atoms with E-state index in [4.69, 9.17) is 21.4 Å². The topological polar surface area (TPSA) is 87.7 Å². The number of rotatable bonds is 6. The van der Waals surface area contributed by atoms with Crippen molar-refractivity contribution in [3.63, 3.8) is 0 Å². The van der Waals surface area contributed by atoms with Gasteiger partial charge in [-0.2, -0.15) is 0 Å². The van der Waals surface area contributed by atoms with E-state index in [1.54, 1.807) is 6.07 Å². The predicted molar refractivity (Wildman–Crippen MR) is 72.7 cm³/mol. The van der Waals surface area contributed by atoms with Crippen molar-refractivity contribution in [2.45, 2.75) is 19.1 Å². The van der Waals surface area contributed by atoms with Gasteiger partial charge >= 0.3 is 12.0 Å². The summed E-state index contributed by atoms with van der Waals surface area (Å²) in [6.45, 7) is 1.71. The number of carboxylic acids is 1. The zero-order chi connectivity index (χ0) is 14.4. The second-order valence-electron chi connectivity index (χ2n) is 3.78. The molecule has 2 amide bonds. The Morgan fingerprint density at radius 3 is 2.68 bits per heavy atom. The molecular formula is C11H15ClN2O4S. The van der Waals surface area contributed by atoms with E-state index >= 15 is 0 Å². The largest absolute Gasteiger partial charge is 0.479 e. The van der Waals surface area contributed by atoms with Crippen molar-refractivity contribution in [1.29, 1.82) is 0 Å². The number of hydrogen-bond donors (Lipinski definition) is 3. The summed E-state index contributed by atoms with van der Waals surface area (Å²) in [5.41, 5.74) is 0. The molecule has 0 spiro atoms. The van der Waals surface area contributed by atoms with E-state index in [-0.39, 0.29) is 12.6 Å². The number of carbonyl (C=O) groups excluding carboxylic acids is 1. The summed E-state index contributed by atoms with van der Waals surface area (Å²) < 4.78 is 5.35. The van der Waals surface area contributed by atoms with Crippen LogP contribution in [0.5, 0.6) is 0 Å². The first-order chi connectivity index (χ1) is 8.93. The molecule has 0 aliphatic rings. The number of aliphatic carboxylic acids is 1. The third-order valence-corrected chi connectivity index (χ3v) is 3.79. The highest BCUT2D eigenvalue weighted by Gasteiger charge is 2.18. The Kier molecular flexibility index (Phi) is 6.07. The van der Waals surface area contributed by atoms with Crippen molar-refractivity contribution in [3.05, 3.63) is 21.3 Å². The molecule has 106 valence electrons. The average Bonchev–Trinajstić information content (AvgIpc) is 2.76. The number of carbonyl (C=O) groups is 2. The fourth-order valence-electron chi connectivity index (χ4n) is 1.34. The molecular weight excluding hydrogens is 292 g/mol. The quantitative estimate of drug-likeness (QED) is 0.748.